The summed E-state index contributed by atoms with van der Waals surface area (Å²) in [7, 11) is 0. The lowest BCUT2D eigenvalue weighted by Gasteiger charge is -2.22. The Hall–Kier alpha value is -0.770. The first-order chi connectivity index (χ1) is 7.25. The van der Waals surface area contributed by atoms with Gasteiger partial charge >= 0.3 is 0 Å². The molecule has 0 radical (unpaired) electrons. The number of nitrogens with two attached hydrogens (primary N) is 1. The van der Waals surface area contributed by atoms with Crippen LogP contribution in [0.2, 0.25) is 0 Å². The highest BCUT2D eigenvalue weighted by Crippen LogP contribution is 2.27. The lowest BCUT2D eigenvalue weighted by Crippen LogP contribution is -2.25. The van der Waals surface area contributed by atoms with Crippen molar-refractivity contribution in [1.29, 1.82) is 0 Å². The second-order valence-electron chi connectivity index (χ2n) is 4.48. The van der Waals surface area contributed by atoms with Crippen LogP contribution in [0.15, 0.2) is 6.07 Å². The van der Waals surface area contributed by atoms with Gasteiger partial charge in [0.1, 0.15) is 10.8 Å². The molecule has 1 heterocycles. The molecule has 1 aliphatic rings. The Bertz CT molecular complexity index is 311. The van der Waals surface area contributed by atoms with E-state index in [1.54, 1.807) is 0 Å². The van der Waals surface area contributed by atoms with Gasteiger partial charge in [0.25, 0.3) is 0 Å². The first kappa shape index (κ1) is 10.7. The van der Waals surface area contributed by atoms with Gasteiger partial charge in [-0.1, -0.05) is 26.2 Å². The quantitative estimate of drug-likeness (QED) is 0.760. The molecule has 0 aromatic carbocycles. The largest absolute Gasteiger partial charge is 0.383 e. The van der Waals surface area contributed by atoms with E-state index in [0.717, 1.165) is 10.9 Å². The number of nitrogens with zero attached hydrogens (tertiary/aromatic N) is 1. The SMILES string of the molecule is CC1CCCCCC1Nc1cc(N)ns1. The van der Waals surface area contributed by atoms with E-state index in [-0.39, 0.29) is 0 Å². The zero-order chi connectivity index (χ0) is 10.7. The van der Waals surface area contributed by atoms with Gasteiger partial charge < -0.3 is 11.1 Å². The maximum atomic E-state index is 5.61. The van der Waals surface area contributed by atoms with Gasteiger partial charge in [0.2, 0.25) is 0 Å². The Kier molecular flexibility index (Phi) is 3.46. The van der Waals surface area contributed by atoms with Crippen LogP contribution in [0, 0.1) is 5.92 Å². The molecule has 1 saturated carbocycles. The fraction of sp³-hybridized carbons (Fsp3) is 0.727. The third-order valence-corrected chi connectivity index (χ3v) is 3.95. The van der Waals surface area contributed by atoms with Crippen molar-refractivity contribution in [2.75, 3.05) is 11.1 Å². The third kappa shape index (κ3) is 2.84. The van der Waals surface area contributed by atoms with Crippen LogP contribution in [0.3, 0.4) is 0 Å². The van der Waals surface area contributed by atoms with E-state index < -0.39 is 0 Å². The minimum Gasteiger partial charge on any atom is -0.383 e. The van der Waals surface area contributed by atoms with Crippen LogP contribution < -0.4 is 11.1 Å². The molecule has 2 rings (SSSR count). The molecule has 4 heteroatoms. The standard InChI is InChI=1S/C11H19N3S/c1-8-5-3-2-4-6-9(8)13-11-7-10(12)14-15-11/h7-9,13H,2-6H2,1H3,(H2,12,14). The van der Waals surface area contributed by atoms with E-state index in [1.165, 1.54) is 43.6 Å². The monoisotopic (exact) mass is 225 g/mol. The number of nitrogens with one attached hydrogen (secondary N) is 1. The molecule has 84 valence electrons. The normalized spacial score (nSPS) is 27.3. The lowest BCUT2D eigenvalue weighted by molar-refractivity contribution is 0.457. The molecule has 1 fully saturated rings. The van der Waals surface area contributed by atoms with Gasteiger partial charge in [-0.3, -0.25) is 0 Å². The van der Waals surface area contributed by atoms with Crippen molar-refractivity contribution >= 4 is 22.4 Å². The Balaban J connectivity index is 1.97. The zero-order valence-corrected chi connectivity index (χ0v) is 10.0. The van der Waals surface area contributed by atoms with Crippen molar-refractivity contribution in [2.45, 2.75) is 45.1 Å². The molecule has 1 aliphatic carbocycles. The van der Waals surface area contributed by atoms with Crippen LogP contribution in [0.1, 0.15) is 39.0 Å². The molecule has 3 nitrogen and oxygen atoms in total. The Morgan fingerprint density at radius 2 is 2.20 bits per heavy atom. The van der Waals surface area contributed by atoms with Crippen LogP contribution in [0.25, 0.3) is 0 Å². The second kappa shape index (κ2) is 4.84. The minimum atomic E-state index is 0.604. The molecule has 1 aromatic heterocycles. The van der Waals surface area contributed by atoms with E-state index >= 15 is 0 Å². The first-order valence-corrected chi connectivity index (χ1v) is 6.52. The van der Waals surface area contributed by atoms with Crippen molar-refractivity contribution in [1.82, 2.24) is 4.37 Å². The summed E-state index contributed by atoms with van der Waals surface area (Å²) in [6, 6.07) is 2.54. The molecular formula is C11H19N3S. The highest BCUT2D eigenvalue weighted by Gasteiger charge is 2.20. The number of nitrogen functional groups attached to an aromatic ring is 1. The zero-order valence-electron chi connectivity index (χ0n) is 9.20. The van der Waals surface area contributed by atoms with Crippen molar-refractivity contribution in [3.8, 4) is 0 Å². The lowest BCUT2D eigenvalue weighted by atomic mass is 9.97. The van der Waals surface area contributed by atoms with E-state index in [9.17, 15) is 0 Å². The van der Waals surface area contributed by atoms with Crippen LogP contribution in [-0.2, 0) is 0 Å². The summed E-state index contributed by atoms with van der Waals surface area (Å²) in [5, 5.41) is 4.68. The summed E-state index contributed by atoms with van der Waals surface area (Å²) in [5.74, 6) is 1.39. The molecule has 0 amide bonds. The van der Waals surface area contributed by atoms with Crippen LogP contribution in [0.5, 0.6) is 0 Å². The molecule has 15 heavy (non-hydrogen) atoms. The van der Waals surface area contributed by atoms with Crippen molar-refractivity contribution < 1.29 is 0 Å². The molecule has 0 bridgehead atoms. The summed E-state index contributed by atoms with van der Waals surface area (Å²) < 4.78 is 4.09. The molecule has 3 N–H and O–H groups in total. The van der Waals surface area contributed by atoms with Crippen LogP contribution in [0.4, 0.5) is 10.8 Å². The average Bonchev–Trinajstić information content (AvgIpc) is 2.50. The third-order valence-electron chi connectivity index (χ3n) is 3.22. The highest BCUT2D eigenvalue weighted by atomic mass is 32.1. The van der Waals surface area contributed by atoms with E-state index in [2.05, 4.69) is 16.6 Å². The highest BCUT2D eigenvalue weighted by molar-refractivity contribution is 7.10. The van der Waals surface area contributed by atoms with Crippen molar-refractivity contribution in [3.05, 3.63) is 6.07 Å². The van der Waals surface area contributed by atoms with Gasteiger partial charge in [-0.15, -0.1) is 0 Å². The Morgan fingerprint density at radius 1 is 1.40 bits per heavy atom. The summed E-state index contributed by atoms with van der Waals surface area (Å²) in [6.07, 6.45) is 6.72. The van der Waals surface area contributed by atoms with Crippen molar-refractivity contribution in [3.63, 3.8) is 0 Å². The van der Waals surface area contributed by atoms with E-state index in [0.29, 0.717) is 11.9 Å². The van der Waals surface area contributed by atoms with Crippen LogP contribution >= 0.6 is 11.5 Å². The molecule has 2 atom stereocenters. The molecule has 2 unspecified atom stereocenters. The van der Waals surface area contributed by atoms with Gasteiger partial charge in [-0.25, -0.2) is 0 Å². The van der Waals surface area contributed by atoms with Gasteiger partial charge in [-0.05, 0) is 30.3 Å². The minimum absolute atomic E-state index is 0.604. The van der Waals surface area contributed by atoms with Crippen LogP contribution in [-0.4, -0.2) is 10.4 Å². The predicted octanol–water partition coefficient (Wildman–Crippen LogP) is 3.11. The summed E-state index contributed by atoms with van der Waals surface area (Å²) in [5.41, 5.74) is 5.61. The number of hydrogen-bond donors (Lipinski definition) is 2. The summed E-state index contributed by atoms with van der Waals surface area (Å²) >= 11 is 1.47. The second-order valence-corrected chi connectivity index (χ2v) is 5.29. The van der Waals surface area contributed by atoms with E-state index in [1.807, 2.05) is 6.07 Å². The molecule has 0 aliphatic heterocycles. The maximum absolute atomic E-state index is 5.61. The molecule has 0 spiro atoms. The summed E-state index contributed by atoms with van der Waals surface area (Å²) in [4.78, 5) is 0. The van der Waals surface area contributed by atoms with Crippen molar-refractivity contribution in [2.24, 2.45) is 5.92 Å². The Morgan fingerprint density at radius 3 is 2.93 bits per heavy atom. The van der Waals surface area contributed by atoms with Gasteiger partial charge in [0, 0.05) is 12.1 Å². The van der Waals surface area contributed by atoms with Gasteiger partial charge in [0.15, 0.2) is 0 Å². The maximum Gasteiger partial charge on any atom is 0.139 e. The number of anilines is 2. The Labute approximate surface area is 95.2 Å². The topological polar surface area (TPSA) is 50.9 Å². The molecular weight excluding hydrogens is 206 g/mol. The smallest absolute Gasteiger partial charge is 0.139 e. The number of rotatable bonds is 2. The predicted molar refractivity (Wildman–Crippen MR) is 66.2 cm³/mol. The first-order valence-electron chi connectivity index (χ1n) is 5.74. The van der Waals surface area contributed by atoms with Gasteiger partial charge in [0.05, 0.1) is 0 Å². The van der Waals surface area contributed by atoms with E-state index in [4.69, 9.17) is 5.73 Å². The average molecular weight is 225 g/mol. The summed E-state index contributed by atoms with van der Waals surface area (Å²) in [6.45, 7) is 2.34. The fourth-order valence-corrected chi connectivity index (χ4v) is 2.88. The number of aromatic nitrogens is 1. The molecule has 1 aromatic rings. The number of hydrogen-bond acceptors (Lipinski definition) is 4. The molecule has 0 saturated heterocycles. The van der Waals surface area contributed by atoms with Gasteiger partial charge in [-0.2, -0.15) is 4.37 Å². The fourth-order valence-electron chi connectivity index (χ4n) is 2.25.